The fraction of sp³-hybridized carbons (Fsp3) is 0.725. The molecule has 0 aromatic heterocycles. The highest BCUT2D eigenvalue weighted by Crippen LogP contribution is 2.31. The second kappa shape index (κ2) is 20.7. The van der Waals surface area contributed by atoms with Gasteiger partial charge in [0.05, 0.1) is 30.7 Å². The quantitative estimate of drug-likeness (QED) is 0.148. The Hall–Kier alpha value is -3.31. The molecular formula is C40H67N5O6. The third kappa shape index (κ3) is 11.9. The monoisotopic (exact) mass is 714 g/mol. The van der Waals surface area contributed by atoms with Gasteiger partial charge in [0.1, 0.15) is 17.6 Å². The molecule has 0 bridgehead atoms. The van der Waals surface area contributed by atoms with Crippen LogP contribution in [-0.2, 0) is 35.1 Å². The molecule has 1 aromatic rings. The molecule has 1 aliphatic heterocycles. The molecule has 1 fully saturated rings. The Balaban J connectivity index is 2.29. The van der Waals surface area contributed by atoms with Gasteiger partial charge in [-0.25, -0.2) is 4.99 Å². The van der Waals surface area contributed by atoms with Crippen molar-refractivity contribution in [3.05, 3.63) is 35.9 Å². The molecule has 0 radical (unpaired) electrons. The summed E-state index contributed by atoms with van der Waals surface area (Å²) < 4.78 is 12.0. The number of aliphatic imine (C=N–C) groups is 1. The Morgan fingerprint density at radius 2 is 1.53 bits per heavy atom. The first kappa shape index (κ1) is 43.9. The number of Topliss-reactive ketones (excluding diaryl/α,β-unsaturated/α-hetero) is 2. The summed E-state index contributed by atoms with van der Waals surface area (Å²) in [5, 5.41) is 0. The molecule has 2 rings (SSSR count). The Morgan fingerprint density at radius 3 is 2.02 bits per heavy atom. The molecular weight excluding hydrogens is 646 g/mol. The van der Waals surface area contributed by atoms with Gasteiger partial charge in [0.25, 0.3) is 0 Å². The molecule has 0 aliphatic carbocycles. The molecule has 2 amide bonds. The lowest BCUT2D eigenvalue weighted by atomic mass is 9.84. The predicted molar refractivity (Wildman–Crippen MR) is 203 cm³/mol. The third-order valence-corrected chi connectivity index (χ3v) is 10.6. The van der Waals surface area contributed by atoms with E-state index in [4.69, 9.17) is 14.5 Å². The number of ether oxygens (including phenoxy) is 2. The number of rotatable bonds is 19. The van der Waals surface area contributed by atoms with Crippen molar-refractivity contribution < 1.29 is 28.7 Å². The van der Waals surface area contributed by atoms with Crippen LogP contribution in [0.15, 0.2) is 35.3 Å². The Kier molecular flexibility index (Phi) is 17.8. The van der Waals surface area contributed by atoms with Gasteiger partial charge < -0.3 is 29.1 Å². The van der Waals surface area contributed by atoms with Gasteiger partial charge in [-0.05, 0) is 43.6 Å². The minimum Gasteiger partial charge on any atom is -0.379 e. The Bertz CT molecular complexity index is 1290. The lowest BCUT2D eigenvalue weighted by molar-refractivity contribution is -0.146. The molecule has 11 nitrogen and oxygen atoms in total. The first-order chi connectivity index (χ1) is 24.0. The number of guanidine groups is 1. The zero-order valence-corrected chi connectivity index (χ0v) is 33.7. The van der Waals surface area contributed by atoms with Crippen molar-refractivity contribution in [2.24, 2.45) is 28.7 Å². The number of methoxy groups -OCH3 is 2. The molecule has 288 valence electrons. The van der Waals surface area contributed by atoms with Crippen LogP contribution in [0.2, 0.25) is 0 Å². The van der Waals surface area contributed by atoms with E-state index >= 15 is 0 Å². The third-order valence-electron chi connectivity index (χ3n) is 10.6. The summed E-state index contributed by atoms with van der Waals surface area (Å²) >= 11 is 0. The van der Waals surface area contributed by atoms with Crippen molar-refractivity contribution in [1.82, 2.24) is 19.6 Å². The number of likely N-dealkylation sites (tertiary alicyclic amines) is 1. The molecule has 51 heavy (non-hydrogen) atoms. The summed E-state index contributed by atoms with van der Waals surface area (Å²) in [6, 6.07) is 8.46. The molecule has 11 heteroatoms. The van der Waals surface area contributed by atoms with E-state index < -0.39 is 30.1 Å². The van der Waals surface area contributed by atoms with Crippen LogP contribution in [0.1, 0.15) is 79.2 Å². The summed E-state index contributed by atoms with van der Waals surface area (Å²) in [6.45, 7) is 12.1. The molecule has 0 spiro atoms. The lowest BCUT2D eigenvalue weighted by Crippen LogP contribution is -2.55. The van der Waals surface area contributed by atoms with Crippen molar-refractivity contribution in [2.75, 3.05) is 56.0 Å². The number of carbonyl (C=O) groups excluding carboxylic acids is 4. The topological polar surface area (TPSA) is 112 Å². The van der Waals surface area contributed by atoms with Crippen molar-refractivity contribution >= 4 is 29.3 Å². The van der Waals surface area contributed by atoms with E-state index in [0.717, 1.165) is 18.4 Å². The van der Waals surface area contributed by atoms with Crippen molar-refractivity contribution in [1.29, 1.82) is 0 Å². The van der Waals surface area contributed by atoms with Gasteiger partial charge in [0.2, 0.25) is 11.8 Å². The smallest absolute Gasteiger partial charge is 0.247 e. The number of likely N-dealkylation sites (N-methyl/N-ethyl adjacent to an activating group) is 1. The summed E-state index contributed by atoms with van der Waals surface area (Å²) in [6.07, 6.45) is 1.92. The van der Waals surface area contributed by atoms with Gasteiger partial charge >= 0.3 is 0 Å². The van der Waals surface area contributed by atoms with E-state index in [1.165, 1.54) is 0 Å². The zero-order chi connectivity index (χ0) is 38.6. The molecule has 1 saturated heterocycles. The zero-order valence-electron chi connectivity index (χ0n) is 33.7. The van der Waals surface area contributed by atoms with E-state index in [1.807, 2.05) is 94.0 Å². The van der Waals surface area contributed by atoms with Gasteiger partial charge in [-0.3, -0.25) is 19.2 Å². The average Bonchev–Trinajstić information content (AvgIpc) is 3.57. The van der Waals surface area contributed by atoms with Crippen LogP contribution in [0.25, 0.3) is 0 Å². The summed E-state index contributed by atoms with van der Waals surface area (Å²) in [7, 11) is 12.6. The van der Waals surface area contributed by atoms with Gasteiger partial charge in [-0.1, -0.05) is 71.4 Å². The SMILES string of the molecule is CCC(C)C(C(CC(=O)N1CCCC1C(OC)C(C)C(=O)CC(Cc1ccccc1)C(C)=O)OC)N(C)C(=O)C(N=C(N(C)C)N(C)C)C(C)C. The molecule has 0 saturated carbocycles. The normalized spacial score (nSPS) is 18.6. The van der Waals surface area contributed by atoms with Gasteiger partial charge in [0, 0.05) is 74.3 Å². The number of carbonyl (C=O) groups is 4. The fourth-order valence-electron chi connectivity index (χ4n) is 7.48. The summed E-state index contributed by atoms with van der Waals surface area (Å²) in [4.78, 5) is 66.9. The lowest BCUT2D eigenvalue weighted by Gasteiger charge is -2.40. The molecule has 1 aromatic carbocycles. The molecule has 8 atom stereocenters. The predicted octanol–water partition coefficient (Wildman–Crippen LogP) is 4.82. The van der Waals surface area contributed by atoms with E-state index in [9.17, 15) is 19.2 Å². The molecule has 8 unspecified atom stereocenters. The van der Waals surface area contributed by atoms with Crippen LogP contribution in [0.5, 0.6) is 0 Å². The van der Waals surface area contributed by atoms with E-state index in [1.54, 1.807) is 33.1 Å². The number of nitrogens with zero attached hydrogens (tertiary/aromatic N) is 5. The molecule has 0 N–H and O–H groups in total. The van der Waals surface area contributed by atoms with Crippen molar-refractivity contribution in [3.63, 3.8) is 0 Å². The van der Waals surface area contributed by atoms with E-state index in [0.29, 0.717) is 25.3 Å². The maximum Gasteiger partial charge on any atom is 0.247 e. The highest BCUT2D eigenvalue weighted by atomic mass is 16.5. The van der Waals surface area contributed by atoms with E-state index in [-0.39, 0.29) is 60.1 Å². The van der Waals surface area contributed by atoms with Crippen LogP contribution in [0.4, 0.5) is 0 Å². The largest absolute Gasteiger partial charge is 0.379 e. The second-order valence-corrected chi connectivity index (χ2v) is 15.2. The first-order valence-corrected chi connectivity index (χ1v) is 18.6. The minimum absolute atomic E-state index is 0.0154. The highest BCUT2D eigenvalue weighted by molar-refractivity contribution is 5.89. The maximum absolute atomic E-state index is 14.2. The van der Waals surface area contributed by atoms with Crippen LogP contribution < -0.4 is 0 Å². The van der Waals surface area contributed by atoms with Gasteiger partial charge in [-0.2, -0.15) is 0 Å². The Labute approximate surface area is 308 Å². The van der Waals surface area contributed by atoms with Crippen molar-refractivity contribution in [3.8, 4) is 0 Å². The molecule has 1 heterocycles. The van der Waals surface area contributed by atoms with Crippen LogP contribution >= 0.6 is 0 Å². The van der Waals surface area contributed by atoms with Gasteiger partial charge in [0.15, 0.2) is 5.96 Å². The van der Waals surface area contributed by atoms with Crippen LogP contribution in [0.3, 0.4) is 0 Å². The maximum atomic E-state index is 14.2. The number of hydrogen-bond donors (Lipinski definition) is 0. The first-order valence-electron chi connectivity index (χ1n) is 18.6. The number of amides is 2. The minimum atomic E-state index is -0.616. The Morgan fingerprint density at radius 1 is 0.922 bits per heavy atom. The number of benzene rings is 1. The average molecular weight is 714 g/mol. The number of hydrogen-bond acceptors (Lipinski definition) is 7. The standard InChI is InChI=1S/C40H67N5O6/c1-14-27(4)37(44(11)39(49)36(26(2)3)41-40(42(7)8)43(9)10)34(50-12)25-35(48)45-22-18-21-32(45)38(51-13)28(5)33(47)24-31(29(6)46)23-30-19-16-15-17-20-30/h15-17,19-20,26-28,31-32,34,36-38H,14,18,21-25H2,1-13H3. The van der Waals surface area contributed by atoms with Crippen LogP contribution in [-0.4, -0.2) is 135 Å². The highest BCUT2D eigenvalue weighted by Gasteiger charge is 2.43. The molecule has 1 aliphatic rings. The second-order valence-electron chi connectivity index (χ2n) is 15.2. The number of ketones is 2. The van der Waals surface area contributed by atoms with Gasteiger partial charge in [-0.15, -0.1) is 0 Å². The fourth-order valence-corrected chi connectivity index (χ4v) is 7.48. The summed E-state index contributed by atoms with van der Waals surface area (Å²) in [5.41, 5.74) is 1.02. The van der Waals surface area contributed by atoms with Crippen molar-refractivity contribution in [2.45, 2.75) is 110 Å². The van der Waals surface area contributed by atoms with E-state index in [2.05, 4.69) is 13.8 Å². The summed E-state index contributed by atoms with van der Waals surface area (Å²) in [5.74, 6) is -0.513. The van der Waals surface area contributed by atoms with Crippen LogP contribution in [0, 0.1) is 23.7 Å².